The first-order chi connectivity index (χ1) is 11.2. The molecule has 0 radical (unpaired) electrons. The number of aryl methyl sites for hydroxylation is 2. The topological polar surface area (TPSA) is 35.5 Å². The smallest absolute Gasteiger partial charge is 0.169 e. The van der Waals surface area contributed by atoms with E-state index >= 15 is 0 Å². The van der Waals surface area contributed by atoms with Gasteiger partial charge < -0.3 is 9.47 Å². The molecule has 2 aliphatic rings. The Morgan fingerprint density at radius 1 is 1.30 bits per heavy atom. The van der Waals surface area contributed by atoms with E-state index in [0.717, 1.165) is 49.7 Å². The number of hydrogen-bond acceptors (Lipinski definition) is 4. The molecule has 4 rings (SSSR count). The molecule has 120 valence electrons. The summed E-state index contributed by atoms with van der Waals surface area (Å²) < 4.78 is 11.3. The maximum Gasteiger partial charge on any atom is 0.169 e. The summed E-state index contributed by atoms with van der Waals surface area (Å²) in [6, 6.07) is 8.43. The van der Waals surface area contributed by atoms with Gasteiger partial charge in [-0.05, 0) is 67.1 Å². The van der Waals surface area contributed by atoms with Crippen molar-refractivity contribution >= 4 is 17.1 Å². The van der Waals surface area contributed by atoms with Gasteiger partial charge in [0.05, 0.1) is 18.1 Å². The number of thiophene rings is 1. The molecule has 4 heteroatoms. The minimum absolute atomic E-state index is 0.157. The second-order valence-corrected chi connectivity index (χ2v) is 7.43. The van der Waals surface area contributed by atoms with Crippen LogP contribution in [0, 0.1) is 5.92 Å². The Hall–Kier alpha value is -1.65. The van der Waals surface area contributed by atoms with Crippen molar-refractivity contribution in [2.75, 3.05) is 19.8 Å². The molecule has 0 N–H and O–H groups in total. The zero-order chi connectivity index (χ0) is 15.8. The maximum atomic E-state index is 11.6. The highest BCUT2D eigenvalue weighted by Gasteiger charge is 2.21. The van der Waals surface area contributed by atoms with E-state index in [0.29, 0.717) is 5.92 Å². The summed E-state index contributed by atoms with van der Waals surface area (Å²) >= 11 is 1.62. The molecule has 1 atom stereocenters. The van der Waals surface area contributed by atoms with E-state index in [1.807, 2.05) is 0 Å². The lowest BCUT2D eigenvalue weighted by Gasteiger charge is -2.18. The van der Waals surface area contributed by atoms with Gasteiger partial charge in [-0.15, -0.1) is 11.3 Å². The normalized spacial score (nSPS) is 19.3. The molecule has 0 spiro atoms. The molecule has 1 aliphatic carbocycles. The predicted octanol–water partition coefficient (Wildman–Crippen LogP) is 4.13. The van der Waals surface area contributed by atoms with Gasteiger partial charge in [-0.3, -0.25) is 4.79 Å². The molecule has 1 aliphatic heterocycles. The van der Waals surface area contributed by atoms with Crippen LogP contribution in [0.5, 0.6) is 5.75 Å². The molecule has 2 heterocycles. The number of rotatable bonds is 4. The monoisotopic (exact) mass is 328 g/mol. The van der Waals surface area contributed by atoms with E-state index < -0.39 is 0 Å². The van der Waals surface area contributed by atoms with Crippen molar-refractivity contribution in [1.82, 2.24) is 0 Å². The highest BCUT2D eigenvalue weighted by molar-refractivity contribution is 7.17. The summed E-state index contributed by atoms with van der Waals surface area (Å²) in [5.41, 5.74) is 3.90. The van der Waals surface area contributed by atoms with Crippen LogP contribution in [0.4, 0.5) is 0 Å². The fourth-order valence-corrected chi connectivity index (χ4v) is 4.47. The molecule has 1 unspecified atom stereocenters. The molecule has 1 aromatic carbocycles. The summed E-state index contributed by atoms with van der Waals surface area (Å²) in [5.74, 6) is 1.63. The van der Waals surface area contributed by atoms with E-state index in [1.54, 1.807) is 18.3 Å². The van der Waals surface area contributed by atoms with Gasteiger partial charge in [0.2, 0.25) is 0 Å². The van der Waals surface area contributed by atoms with E-state index in [2.05, 4.69) is 24.3 Å². The quantitative estimate of drug-likeness (QED) is 0.792. The van der Waals surface area contributed by atoms with Crippen LogP contribution in [0.15, 0.2) is 24.3 Å². The number of carbonyl (C=O) groups excluding carboxylic acids is 1. The van der Waals surface area contributed by atoms with E-state index in [-0.39, 0.29) is 5.78 Å². The first-order valence-electron chi connectivity index (χ1n) is 8.18. The van der Waals surface area contributed by atoms with Gasteiger partial charge in [-0.2, -0.15) is 0 Å². The van der Waals surface area contributed by atoms with Crippen LogP contribution >= 0.6 is 11.3 Å². The minimum atomic E-state index is 0.157. The Labute approximate surface area is 140 Å². The van der Waals surface area contributed by atoms with Gasteiger partial charge in [-0.1, -0.05) is 0 Å². The molecule has 3 nitrogen and oxygen atoms in total. The largest absolute Gasteiger partial charge is 0.493 e. The van der Waals surface area contributed by atoms with Gasteiger partial charge >= 0.3 is 0 Å². The predicted molar refractivity (Wildman–Crippen MR) is 91.6 cm³/mol. The number of ether oxygens (including phenoxy) is 2. The van der Waals surface area contributed by atoms with Gasteiger partial charge in [-0.25, -0.2) is 0 Å². The van der Waals surface area contributed by atoms with Crippen molar-refractivity contribution < 1.29 is 14.3 Å². The van der Waals surface area contributed by atoms with Crippen LogP contribution in [-0.2, 0) is 17.6 Å². The number of carbonyl (C=O) groups is 1. The number of hydrogen-bond donors (Lipinski definition) is 0. The fourth-order valence-electron chi connectivity index (χ4n) is 3.30. The summed E-state index contributed by atoms with van der Waals surface area (Å²) in [6.45, 7) is 4.05. The zero-order valence-corrected chi connectivity index (χ0v) is 14.1. The second-order valence-electron chi connectivity index (χ2n) is 6.38. The molecule has 1 saturated heterocycles. The van der Waals surface area contributed by atoms with E-state index in [1.165, 1.54) is 21.6 Å². The van der Waals surface area contributed by atoms with Crippen LogP contribution in [-0.4, -0.2) is 25.6 Å². The highest BCUT2D eigenvalue weighted by Crippen LogP contribution is 2.41. The molecular formula is C19H20O3S. The summed E-state index contributed by atoms with van der Waals surface area (Å²) in [5, 5.41) is 0. The molecule has 0 bridgehead atoms. The number of ketones is 1. The molecule has 1 fully saturated rings. The maximum absolute atomic E-state index is 11.6. The van der Waals surface area contributed by atoms with Crippen molar-refractivity contribution in [3.05, 3.63) is 40.3 Å². The van der Waals surface area contributed by atoms with Gasteiger partial charge in [0.25, 0.3) is 0 Å². The molecule has 23 heavy (non-hydrogen) atoms. The lowest BCUT2D eigenvalue weighted by Crippen LogP contribution is -2.12. The molecule has 0 saturated carbocycles. The first-order valence-corrected chi connectivity index (χ1v) is 9.00. The second kappa shape index (κ2) is 6.10. The Kier molecular flexibility index (Phi) is 3.95. The summed E-state index contributed by atoms with van der Waals surface area (Å²) in [4.78, 5) is 13.7. The first kappa shape index (κ1) is 14.9. The standard InChI is InChI=1S/C19H20O3S/c1-12(20)18-9-15-3-2-14-8-16(4-5-17(14)19(15)23-18)22-11-13-6-7-21-10-13/h4-5,8-9,13H,2-3,6-7,10-11H2,1H3. The van der Waals surface area contributed by atoms with Crippen LogP contribution < -0.4 is 4.74 Å². The molecular weight excluding hydrogens is 308 g/mol. The van der Waals surface area contributed by atoms with Crippen LogP contribution in [0.3, 0.4) is 0 Å². The zero-order valence-electron chi connectivity index (χ0n) is 13.3. The Bertz CT molecular complexity index is 741. The summed E-state index contributed by atoms with van der Waals surface area (Å²) in [7, 11) is 0. The van der Waals surface area contributed by atoms with Crippen molar-refractivity contribution in [2.45, 2.75) is 26.2 Å². The van der Waals surface area contributed by atoms with Crippen molar-refractivity contribution in [3.63, 3.8) is 0 Å². The average Bonchev–Trinajstić information content (AvgIpc) is 3.21. The van der Waals surface area contributed by atoms with Gasteiger partial charge in [0, 0.05) is 17.4 Å². The molecule has 2 aromatic rings. The van der Waals surface area contributed by atoms with Gasteiger partial charge in [0.1, 0.15) is 5.75 Å². The number of fused-ring (bicyclic) bond motifs is 3. The number of Topliss-reactive ketones (excluding diaryl/α,β-unsaturated/α-hetero) is 1. The van der Waals surface area contributed by atoms with E-state index in [9.17, 15) is 4.79 Å². The van der Waals surface area contributed by atoms with Gasteiger partial charge in [0.15, 0.2) is 5.78 Å². The number of benzene rings is 1. The van der Waals surface area contributed by atoms with Crippen LogP contribution in [0.1, 0.15) is 34.1 Å². The summed E-state index contributed by atoms with van der Waals surface area (Å²) in [6.07, 6.45) is 3.11. The fraction of sp³-hybridized carbons (Fsp3) is 0.421. The third-order valence-electron chi connectivity index (χ3n) is 4.65. The van der Waals surface area contributed by atoms with E-state index in [4.69, 9.17) is 9.47 Å². The molecule has 1 aromatic heterocycles. The van der Waals surface area contributed by atoms with Crippen LogP contribution in [0.2, 0.25) is 0 Å². The lowest BCUT2D eigenvalue weighted by molar-refractivity contribution is 0.102. The minimum Gasteiger partial charge on any atom is -0.493 e. The van der Waals surface area contributed by atoms with Crippen molar-refractivity contribution in [1.29, 1.82) is 0 Å². The Balaban J connectivity index is 1.56. The Morgan fingerprint density at radius 3 is 2.96 bits per heavy atom. The van der Waals surface area contributed by atoms with Crippen molar-refractivity contribution in [2.24, 2.45) is 5.92 Å². The van der Waals surface area contributed by atoms with Crippen molar-refractivity contribution in [3.8, 4) is 16.2 Å². The average molecular weight is 328 g/mol. The third-order valence-corrected chi connectivity index (χ3v) is 5.96. The van der Waals surface area contributed by atoms with Crippen LogP contribution in [0.25, 0.3) is 10.4 Å². The third kappa shape index (κ3) is 2.93. The highest BCUT2D eigenvalue weighted by atomic mass is 32.1. The lowest BCUT2D eigenvalue weighted by atomic mass is 9.91. The Morgan fingerprint density at radius 2 is 2.17 bits per heavy atom. The SMILES string of the molecule is CC(=O)c1cc2c(s1)-c1ccc(OCC3CCOC3)cc1CC2. The molecule has 0 amide bonds.